The summed E-state index contributed by atoms with van der Waals surface area (Å²) in [5.41, 5.74) is 0.956. The number of thioether (sulfide) groups is 1. The number of carbonyl (C=O) groups excluding carboxylic acids is 1. The summed E-state index contributed by atoms with van der Waals surface area (Å²) in [6, 6.07) is 19.7. The summed E-state index contributed by atoms with van der Waals surface area (Å²) < 4.78 is 38.0. The number of amides is 2. The number of carboxylic acid groups (broad SMARTS) is 1. The van der Waals surface area contributed by atoms with Crippen molar-refractivity contribution in [2.75, 3.05) is 37.4 Å². The van der Waals surface area contributed by atoms with Crippen molar-refractivity contribution >= 4 is 29.4 Å². The van der Waals surface area contributed by atoms with Crippen LogP contribution in [0.2, 0.25) is 0 Å². The highest BCUT2D eigenvalue weighted by molar-refractivity contribution is 7.99. The highest BCUT2D eigenvalue weighted by Gasteiger charge is 2.18. The van der Waals surface area contributed by atoms with Crippen molar-refractivity contribution in [2.45, 2.75) is 30.8 Å². The maximum Gasteiger partial charge on any atom is 0.333 e. The van der Waals surface area contributed by atoms with E-state index < -0.39 is 29.7 Å². The molecule has 3 rings (SSSR count). The van der Waals surface area contributed by atoms with Gasteiger partial charge in [-0.05, 0) is 61.1 Å². The zero-order valence-corrected chi connectivity index (χ0v) is 22.5. The number of ether oxygens (including phenoxy) is 2. The van der Waals surface area contributed by atoms with E-state index in [1.54, 1.807) is 47.9 Å². The third kappa shape index (κ3) is 10.2. The van der Waals surface area contributed by atoms with Gasteiger partial charge in [0, 0.05) is 36.2 Å². The first-order chi connectivity index (χ1) is 18.9. The fourth-order valence-corrected chi connectivity index (χ4v) is 4.54. The third-order valence-corrected chi connectivity index (χ3v) is 6.76. The Balaban J connectivity index is 1.55. The van der Waals surface area contributed by atoms with Crippen molar-refractivity contribution < 1.29 is 33.0 Å². The van der Waals surface area contributed by atoms with E-state index in [1.165, 1.54) is 6.07 Å². The highest BCUT2D eigenvalue weighted by atomic mass is 32.2. The molecule has 0 bridgehead atoms. The molecule has 3 aromatic carbocycles. The van der Waals surface area contributed by atoms with Gasteiger partial charge < -0.3 is 24.8 Å². The van der Waals surface area contributed by atoms with Gasteiger partial charge in [-0.1, -0.05) is 30.3 Å². The van der Waals surface area contributed by atoms with Gasteiger partial charge in [0.2, 0.25) is 0 Å². The lowest BCUT2D eigenvalue weighted by atomic mass is 10.1. The fraction of sp³-hybridized carbons (Fsp3) is 0.310. The predicted octanol–water partition coefficient (Wildman–Crippen LogP) is 6.09. The molecule has 1 unspecified atom stereocenters. The van der Waals surface area contributed by atoms with Crippen LogP contribution < -0.4 is 10.1 Å². The molecule has 0 saturated carbocycles. The van der Waals surface area contributed by atoms with Crippen LogP contribution in [0.15, 0.2) is 77.7 Å². The fourth-order valence-electron chi connectivity index (χ4n) is 3.68. The van der Waals surface area contributed by atoms with Crippen LogP contribution in [0.3, 0.4) is 0 Å². The quantitative estimate of drug-likeness (QED) is 0.173. The van der Waals surface area contributed by atoms with Gasteiger partial charge in [0.25, 0.3) is 0 Å². The molecule has 7 nitrogen and oxygen atoms in total. The van der Waals surface area contributed by atoms with Gasteiger partial charge in [-0.15, -0.1) is 11.8 Å². The molecule has 39 heavy (non-hydrogen) atoms. The van der Waals surface area contributed by atoms with Crippen molar-refractivity contribution in [1.29, 1.82) is 0 Å². The first-order valence-corrected chi connectivity index (χ1v) is 13.6. The van der Waals surface area contributed by atoms with Crippen LogP contribution in [0.1, 0.15) is 18.9 Å². The topological polar surface area (TPSA) is 88.1 Å². The first kappa shape index (κ1) is 29.9. The molecule has 3 aromatic rings. The molecule has 0 aliphatic rings. The molecule has 2 N–H and O–H groups in total. The van der Waals surface area contributed by atoms with Crippen molar-refractivity contribution in [3.8, 4) is 5.75 Å². The number of aliphatic carboxylic acids is 1. The smallest absolute Gasteiger partial charge is 0.333 e. The highest BCUT2D eigenvalue weighted by Crippen LogP contribution is 2.19. The number of halogens is 2. The first-order valence-electron chi connectivity index (χ1n) is 12.6. The Hall–Kier alpha value is -3.63. The Kier molecular flexibility index (Phi) is 12.0. The van der Waals surface area contributed by atoms with Crippen molar-refractivity contribution in [2.24, 2.45) is 0 Å². The van der Waals surface area contributed by atoms with Crippen LogP contribution in [0.25, 0.3) is 0 Å². The number of nitrogens with one attached hydrogen (secondary N) is 1. The molecule has 0 heterocycles. The van der Waals surface area contributed by atoms with E-state index in [1.807, 2.05) is 30.3 Å². The van der Waals surface area contributed by atoms with E-state index >= 15 is 0 Å². The zero-order valence-electron chi connectivity index (χ0n) is 21.6. The minimum absolute atomic E-state index is 0.158. The molecule has 1 atom stereocenters. The Labute approximate surface area is 231 Å². The van der Waals surface area contributed by atoms with Gasteiger partial charge in [0.1, 0.15) is 12.4 Å². The van der Waals surface area contributed by atoms with Crippen LogP contribution in [0.4, 0.5) is 19.3 Å². The second-order valence-corrected chi connectivity index (χ2v) is 9.71. The third-order valence-electron chi connectivity index (χ3n) is 5.66. The summed E-state index contributed by atoms with van der Waals surface area (Å²) in [7, 11) is 0. The second-order valence-electron chi connectivity index (χ2n) is 8.54. The molecule has 0 aliphatic heterocycles. The lowest BCUT2D eigenvalue weighted by Gasteiger charge is -2.23. The molecule has 208 valence electrons. The van der Waals surface area contributed by atoms with Crippen LogP contribution in [-0.4, -0.2) is 60.2 Å². The maximum absolute atomic E-state index is 13.6. The van der Waals surface area contributed by atoms with E-state index in [0.717, 1.165) is 28.3 Å². The molecule has 0 aromatic heterocycles. The Morgan fingerprint density at radius 3 is 2.41 bits per heavy atom. The lowest BCUT2D eigenvalue weighted by molar-refractivity contribution is -0.149. The largest absolute Gasteiger partial charge is 0.492 e. The van der Waals surface area contributed by atoms with Crippen LogP contribution in [0, 0.1) is 11.6 Å². The van der Waals surface area contributed by atoms with Crippen molar-refractivity contribution in [3.05, 3.63) is 90.0 Å². The maximum atomic E-state index is 13.6. The number of urea groups is 1. The molecule has 0 fully saturated rings. The number of carbonyl (C=O) groups is 2. The van der Waals surface area contributed by atoms with E-state index in [2.05, 4.69) is 5.32 Å². The summed E-state index contributed by atoms with van der Waals surface area (Å²) in [4.78, 5) is 27.0. The molecule has 0 aliphatic carbocycles. The standard InChI is InChI=1S/C29H32F2N2O5S/c1-2-37-27(28(34)35)19-21-9-12-23(13-10-21)38-17-16-33(15-6-18-39-24-7-4-3-5-8-24)29(36)32-22-11-14-25(30)26(31)20-22/h3-5,7-14,20,27H,2,6,15-19H2,1H3,(H,32,36)(H,34,35). The molecule has 0 radical (unpaired) electrons. The van der Waals surface area contributed by atoms with Gasteiger partial charge in [-0.25, -0.2) is 18.4 Å². The van der Waals surface area contributed by atoms with Gasteiger partial charge in [0.05, 0.1) is 6.54 Å². The minimum atomic E-state index is -1.04. The van der Waals surface area contributed by atoms with Crippen LogP contribution in [-0.2, 0) is 16.0 Å². The number of anilines is 1. The molecular formula is C29H32F2N2O5S. The second kappa shape index (κ2) is 15.7. The lowest BCUT2D eigenvalue weighted by Crippen LogP contribution is -2.38. The van der Waals surface area contributed by atoms with E-state index in [-0.39, 0.29) is 25.3 Å². The number of nitrogens with zero attached hydrogens (tertiary/aromatic N) is 1. The van der Waals surface area contributed by atoms with Crippen molar-refractivity contribution in [3.63, 3.8) is 0 Å². The normalized spacial score (nSPS) is 11.6. The van der Waals surface area contributed by atoms with E-state index in [9.17, 15) is 23.5 Å². The van der Waals surface area contributed by atoms with Gasteiger partial charge in [-0.2, -0.15) is 0 Å². The zero-order chi connectivity index (χ0) is 28.0. The minimum Gasteiger partial charge on any atom is -0.492 e. The Morgan fingerprint density at radius 1 is 1.00 bits per heavy atom. The molecule has 0 spiro atoms. The van der Waals surface area contributed by atoms with Gasteiger partial charge in [-0.3, -0.25) is 0 Å². The summed E-state index contributed by atoms with van der Waals surface area (Å²) in [5, 5.41) is 11.9. The summed E-state index contributed by atoms with van der Waals surface area (Å²) in [5.74, 6) is -1.68. The monoisotopic (exact) mass is 558 g/mol. The number of carboxylic acids is 1. The molecular weight excluding hydrogens is 526 g/mol. The SMILES string of the molecule is CCOC(Cc1ccc(OCCN(CCCSc2ccccc2)C(=O)Nc2ccc(F)c(F)c2)cc1)C(=O)O. The summed E-state index contributed by atoms with van der Waals surface area (Å²) >= 11 is 1.69. The predicted molar refractivity (Wildman–Crippen MR) is 147 cm³/mol. The number of benzene rings is 3. The van der Waals surface area contributed by atoms with Gasteiger partial charge >= 0.3 is 12.0 Å². The molecule has 2 amide bonds. The Morgan fingerprint density at radius 2 is 1.74 bits per heavy atom. The number of rotatable bonds is 15. The number of hydrogen-bond acceptors (Lipinski definition) is 5. The van der Waals surface area contributed by atoms with E-state index in [4.69, 9.17) is 9.47 Å². The molecule has 0 saturated heterocycles. The average Bonchev–Trinajstić information content (AvgIpc) is 2.93. The summed E-state index contributed by atoms with van der Waals surface area (Å²) in [6.45, 7) is 2.96. The number of hydrogen-bond donors (Lipinski definition) is 2. The summed E-state index contributed by atoms with van der Waals surface area (Å²) in [6.07, 6.45) is 0.0374. The molecule has 10 heteroatoms. The Bertz CT molecular complexity index is 1200. The van der Waals surface area contributed by atoms with Crippen LogP contribution in [0.5, 0.6) is 5.75 Å². The average molecular weight is 559 g/mol. The van der Waals surface area contributed by atoms with E-state index in [0.29, 0.717) is 25.3 Å². The van der Waals surface area contributed by atoms with Crippen molar-refractivity contribution in [1.82, 2.24) is 4.90 Å². The van der Waals surface area contributed by atoms with Crippen LogP contribution >= 0.6 is 11.8 Å². The van der Waals surface area contributed by atoms with Gasteiger partial charge in [0.15, 0.2) is 17.7 Å².